The summed E-state index contributed by atoms with van der Waals surface area (Å²) in [5, 5.41) is 3.20. The molecule has 0 spiro atoms. The molecule has 5 heteroatoms. The van der Waals surface area contributed by atoms with E-state index in [4.69, 9.17) is 16.3 Å². The third-order valence-electron chi connectivity index (χ3n) is 2.33. The van der Waals surface area contributed by atoms with Crippen LogP contribution < -0.4 is 10.1 Å². The fraction of sp³-hybridized carbons (Fsp3) is 0.692. The second-order valence-electron chi connectivity index (χ2n) is 4.42. The molecule has 0 aliphatic rings. The van der Waals surface area contributed by atoms with Crippen molar-refractivity contribution in [3.8, 4) is 5.88 Å². The number of nitrogens with one attached hydrogen (secondary N) is 1. The first-order chi connectivity index (χ1) is 8.72. The lowest BCUT2D eigenvalue weighted by molar-refractivity contribution is 0.232. The van der Waals surface area contributed by atoms with Crippen LogP contribution in [-0.2, 0) is 0 Å². The maximum Gasteiger partial charge on any atom is 0.225 e. The molecule has 0 radical (unpaired) electrons. The van der Waals surface area contributed by atoms with Gasteiger partial charge in [-0.15, -0.1) is 11.6 Å². The van der Waals surface area contributed by atoms with E-state index in [1.807, 2.05) is 13.8 Å². The number of rotatable bonds is 9. The second-order valence-corrected chi connectivity index (χ2v) is 4.79. The summed E-state index contributed by atoms with van der Waals surface area (Å²) in [4.78, 5) is 8.44. The van der Waals surface area contributed by atoms with E-state index in [1.165, 1.54) is 12.8 Å². The Hall–Kier alpha value is -1.03. The van der Waals surface area contributed by atoms with E-state index in [-0.39, 0.29) is 6.10 Å². The van der Waals surface area contributed by atoms with E-state index < -0.39 is 0 Å². The lowest BCUT2D eigenvalue weighted by atomic mass is 10.2. The quantitative estimate of drug-likeness (QED) is 0.552. The van der Waals surface area contributed by atoms with Crippen molar-refractivity contribution in [2.75, 3.05) is 17.7 Å². The van der Waals surface area contributed by atoms with E-state index in [0.29, 0.717) is 11.8 Å². The number of halogens is 1. The number of unbranched alkanes of at least 4 members (excludes halogenated alkanes) is 3. The van der Waals surface area contributed by atoms with Crippen LogP contribution in [0.5, 0.6) is 5.88 Å². The Morgan fingerprint density at radius 1 is 1.28 bits per heavy atom. The van der Waals surface area contributed by atoms with Gasteiger partial charge in [-0.2, -0.15) is 4.98 Å². The average molecular weight is 272 g/mol. The van der Waals surface area contributed by atoms with Gasteiger partial charge in [0.2, 0.25) is 11.8 Å². The molecule has 1 heterocycles. The lowest BCUT2D eigenvalue weighted by Crippen LogP contribution is -2.10. The molecule has 1 aromatic heterocycles. The maximum absolute atomic E-state index is 5.62. The molecule has 0 amide bonds. The summed E-state index contributed by atoms with van der Waals surface area (Å²) >= 11 is 5.62. The minimum atomic E-state index is 0.128. The molecule has 0 aliphatic carbocycles. The highest BCUT2D eigenvalue weighted by Crippen LogP contribution is 2.10. The summed E-state index contributed by atoms with van der Waals surface area (Å²) in [7, 11) is 0. The number of hydrogen-bond acceptors (Lipinski definition) is 4. The molecule has 0 fully saturated rings. The summed E-state index contributed by atoms with van der Waals surface area (Å²) in [5.41, 5.74) is 0. The largest absolute Gasteiger partial charge is 0.475 e. The molecule has 0 saturated heterocycles. The Balaban J connectivity index is 2.25. The van der Waals surface area contributed by atoms with Gasteiger partial charge in [0.05, 0.1) is 6.10 Å². The number of hydrogen-bond donors (Lipinski definition) is 1. The molecule has 0 unspecified atom stereocenters. The van der Waals surface area contributed by atoms with Crippen LogP contribution in [0.4, 0.5) is 5.95 Å². The van der Waals surface area contributed by atoms with Gasteiger partial charge in [-0.05, 0) is 26.7 Å². The molecule has 0 aliphatic heterocycles. The smallest absolute Gasteiger partial charge is 0.225 e. The second kappa shape index (κ2) is 8.97. The highest BCUT2D eigenvalue weighted by molar-refractivity contribution is 6.17. The predicted molar refractivity (Wildman–Crippen MR) is 75.5 cm³/mol. The van der Waals surface area contributed by atoms with Crippen LogP contribution in [0.25, 0.3) is 0 Å². The molecule has 4 nitrogen and oxygen atoms in total. The summed E-state index contributed by atoms with van der Waals surface area (Å²) < 4.78 is 5.51. The Labute approximate surface area is 114 Å². The Morgan fingerprint density at radius 3 is 2.78 bits per heavy atom. The number of aromatic nitrogens is 2. The third kappa shape index (κ3) is 6.64. The zero-order chi connectivity index (χ0) is 13.2. The van der Waals surface area contributed by atoms with Crippen molar-refractivity contribution in [2.45, 2.75) is 45.6 Å². The van der Waals surface area contributed by atoms with E-state index in [1.54, 1.807) is 12.3 Å². The number of alkyl halides is 1. The summed E-state index contributed by atoms with van der Waals surface area (Å²) in [6, 6.07) is 1.77. The lowest BCUT2D eigenvalue weighted by Gasteiger charge is -2.09. The molecule has 0 bridgehead atoms. The van der Waals surface area contributed by atoms with Gasteiger partial charge < -0.3 is 10.1 Å². The monoisotopic (exact) mass is 271 g/mol. The minimum Gasteiger partial charge on any atom is -0.475 e. The van der Waals surface area contributed by atoms with Crippen molar-refractivity contribution in [3.63, 3.8) is 0 Å². The molecule has 0 aromatic carbocycles. The number of nitrogens with zero attached hydrogens (tertiary/aromatic N) is 2. The third-order valence-corrected chi connectivity index (χ3v) is 2.60. The molecular weight excluding hydrogens is 250 g/mol. The molecule has 0 atom stereocenters. The van der Waals surface area contributed by atoms with Gasteiger partial charge >= 0.3 is 0 Å². The van der Waals surface area contributed by atoms with Gasteiger partial charge in [0, 0.05) is 24.7 Å². The van der Waals surface area contributed by atoms with Crippen LogP contribution in [0.3, 0.4) is 0 Å². The molecule has 1 aromatic rings. The maximum atomic E-state index is 5.62. The van der Waals surface area contributed by atoms with Crippen LogP contribution in [0.15, 0.2) is 12.3 Å². The van der Waals surface area contributed by atoms with Gasteiger partial charge in [0.15, 0.2) is 0 Å². The highest BCUT2D eigenvalue weighted by atomic mass is 35.5. The first-order valence-corrected chi connectivity index (χ1v) is 7.05. The molecular formula is C13H22ClN3O. The van der Waals surface area contributed by atoms with Gasteiger partial charge in [-0.3, -0.25) is 0 Å². The topological polar surface area (TPSA) is 47.0 Å². The predicted octanol–water partition coefficient (Wildman–Crippen LogP) is 3.47. The number of ether oxygens (including phenoxy) is 1. The van der Waals surface area contributed by atoms with Crippen LogP contribution in [0.1, 0.15) is 39.5 Å². The first-order valence-electron chi connectivity index (χ1n) is 6.52. The molecule has 102 valence electrons. The van der Waals surface area contributed by atoms with Gasteiger partial charge in [-0.25, -0.2) is 4.98 Å². The van der Waals surface area contributed by atoms with Crippen molar-refractivity contribution < 1.29 is 4.74 Å². The fourth-order valence-corrected chi connectivity index (χ4v) is 1.70. The van der Waals surface area contributed by atoms with Crippen LogP contribution in [-0.4, -0.2) is 28.5 Å². The highest BCUT2D eigenvalue weighted by Gasteiger charge is 2.01. The Kier molecular flexibility index (Phi) is 7.49. The summed E-state index contributed by atoms with van der Waals surface area (Å²) in [6.07, 6.45) is 6.40. The summed E-state index contributed by atoms with van der Waals surface area (Å²) in [5.74, 6) is 2.00. The first kappa shape index (κ1) is 15.0. The van der Waals surface area contributed by atoms with Crippen molar-refractivity contribution in [3.05, 3.63) is 12.3 Å². The molecule has 1 N–H and O–H groups in total. The number of anilines is 1. The van der Waals surface area contributed by atoms with Crippen molar-refractivity contribution in [1.82, 2.24) is 9.97 Å². The van der Waals surface area contributed by atoms with E-state index >= 15 is 0 Å². The molecule has 1 rings (SSSR count). The van der Waals surface area contributed by atoms with Gasteiger partial charge in [0.25, 0.3) is 0 Å². The molecule has 18 heavy (non-hydrogen) atoms. The summed E-state index contributed by atoms with van der Waals surface area (Å²) in [6.45, 7) is 4.84. The van der Waals surface area contributed by atoms with Crippen LogP contribution in [0.2, 0.25) is 0 Å². The van der Waals surface area contributed by atoms with Crippen LogP contribution in [0, 0.1) is 0 Å². The van der Waals surface area contributed by atoms with Crippen LogP contribution >= 0.6 is 11.6 Å². The fourth-order valence-electron chi connectivity index (χ4n) is 1.51. The van der Waals surface area contributed by atoms with Crippen molar-refractivity contribution in [1.29, 1.82) is 0 Å². The van der Waals surface area contributed by atoms with E-state index in [9.17, 15) is 0 Å². The van der Waals surface area contributed by atoms with E-state index in [0.717, 1.165) is 25.3 Å². The minimum absolute atomic E-state index is 0.128. The van der Waals surface area contributed by atoms with Crippen molar-refractivity contribution >= 4 is 17.5 Å². The average Bonchev–Trinajstić information content (AvgIpc) is 2.33. The molecule has 0 saturated carbocycles. The Morgan fingerprint density at radius 2 is 2.06 bits per heavy atom. The Bertz CT molecular complexity index is 334. The van der Waals surface area contributed by atoms with E-state index in [2.05, 4.69) is 15.3 Å². The van der Waals surface area contributed by atoms with Gasteiger partial charge in [-0.1, -0.05) is 12.8 Å². The SMILES string of the molecule is CC(C)Oc1ccnc(NCCCCCCCl)n1. The zero-order valence-corrected chi connectivity index (χ0v) is 11.9. The van der Waals surface area contributed by atoms with Crippen molar-refractivity contribution in [2.24, 2.45) is 0 Å². The normalized spacial score (nSPS) is 10.7. The van der Waals surface area contributed by atoms with Gasteiger partial charge in [0.1, 0.15) is 0 Å². The standard InChI is InChI=1S/C13H22ClN3O/c1-11(2)18-12-7-10-16-13(17-12)15-9-6-4-3-5-8-14/h7,10-11H,3-6,8-9H2,1-2H3,(H,15,16,17). The zero-order valence-electron chi connectivity index (χ0n) is 11.2.